The summed E-state index contributed by atoms with van der Waals surface area (Å²) in [5.41, 5.74) is -1.80. The number of aromatic nitrogens is 1. The van der Waals surface area contributed by atoms with Crippen molar-refractivity contribution in [1.29, 1.82) is 5.26 Å². The number of nitrogens with zero attached hydrogens (tertiary/aromatic N) is 4. The highest BCUT2D eigenvalue weighted by atomic mass is 16.6. The van der Waals surface area contributed by atoms with Crippen LogP contribution in [0.25, 0.3) is 5.76 Å². The second kappa shape index (κ2) is 7.92. The molecule has 0 aliphatic heterocycles. The zero-order valence-electron chi connectivity index (χ0n) is 14.7. The van der Waals surface area contributed by atoms with E-state index in [2.05, 4.69) is 4.98 Å². The van der Waals surface area contributed by atoms with Crippen LogP contribution in [-0.2, 0) is 4.79 Å². The number of pyridine rings is 1. The zero-order valence-corrected chi connectivity index (χ0v) is 14.7. The summed E-state index contributed by atoms with van der Waals surface area (Å²) in [5, 5.41) is 49.7. The summed E-state index contributed by atoms with van der Waals surface area (Å²) >= 11 is 0. The van der Waals surface area contributed by atoms with Gasteiger partial charge in [-0.1, -0.05) is 0 Å². The summed E-state index contributed by atoms with van der Waals surface area (Å²) in [6.45, 7) is 0. The number of hydrogen-bond acceptors (Lipinski definition) is 9. The van der Waals surface area contributed by atoms with E-state index in [1.165, 1.54) is 38.7 Å². The molecule has 144 valence electrons. The van der Waals surface area contributed by atoms with Crippen LogP contribution in [0.1, 0.15) is 5.56 Å². The number of ether oxygens (including phenoxy) is 1. The van der Waals surface area contributed by atoms with Crippen molar-refractivity contribution >= 4 is 23.0 Å². The number of aliphatic hydroxyl groups excluding tert-OH is 1. The van der Waals surface area contributed by atoms with Crippen LogP contribution < -0.4 is 9.64 Å². The number of rotatable bonds is 5. The number of carbonyl (C=O) groups excluding carboxylic acids is 1. The van der Waals surface area contributed by atoms with E-state index >= 15 is 0 Å². The predicted molar refractivity (Wildman–Crippen MR) is 95.8 cm³/mol. The van der Waals surface area contributed by atoms with Crippen molar-refractivity contribution in [2.45, 2.75) is 0 Å². The maximum absolute atomic E-state index is 12.6. The number of phenolic OH excluding ortho intramolecular Hbond substituents is 2. The number of amides is 1. The maximum atomic E-state index is 12.6. The first-order valence-electron chi connectivity index (χ1n) is 7.52. The van der Waals surface area contributed by atoms with Crippen molar-refractivity contribution in [2.24, 2.45) is 0 Å². The molecule has 2 rings (SSSR count). The van der Waals surface area contributed by atoms with E-state index in [-0.39, 0.29) is 5.69 Å². The second-order valence-corrected chi connectivity index (χ2v) is 5.40. The molecule has 0 atom stereocenters. The zero-order chi connectivity index (χ0) is 21.0. The second-order valence-electron chi connectivity index (χ2n) is 5.40. The molecular formula is C17H14N4O7. The Balaban J connectivity index is 2.53. The van der Waals surface area contributed by atoms with Gasteiger partial charge in [-0.25, -0.2) is 0 Å². The molecule has 0 aliphatic carbocycles. The van der Waals surface area contributed by atoms with Crippen molar-refractivity contribution < 1.29 is 29.8 Å². The molecule has 0 aliphatic rings. The van der Waals surface area contributed by atoms with Crippen LogP contribution in [0.2, 0.25) is 0 Å². The van der Waals surface area contributed by atoms with E-state index in [0.29, 0.717) is 5.75 Å². The Bertz CT molecular complexity index is 1030. The third-order valence-electron chi connectivity index (χ3n) is 3.73. The average molecular weight is 386 g/mol. The molecule has 1 amide bonds. The molecule has 0 spiro atoms. The summed E-state index contributed by atoms with van der Waals surface area (Å²) < 4.78 is 5.01. The fraction of sp³-hybridized carbons (Fsp3) is 0.118. The van der Waals surface area contributed by atoms with E-state index in [1.54, 1.807) is 0 Å². The van der Waals surface area contributed by atoms with Crippen LogP contribution in [0.15, 0.2) is 36.2 Å². The van der Waals surface area contributed by atoms with Gasteiger partial charge < -0.3 is 25.0 Å². The largest absolute Gasteiger partial charge is 0.506 e. The Morgan fingerprint density at radius 1 is 1.32 bits per heavy atom. The van der Waals surface area contributed by atoms with Crippen molar-refractivity contribution in [1.82, 2.24) is 4.98 Å². The highest BCUT2D eigenvalue weighted by molar-refractivity contribution is 6.12. The minimum Gasteiger partial charge on any atom is -0.506 e. The number of nitriles is 1. The molecule has 2 aromatic rings. The van der Waals surface area contributed by atoms with Gasteiger partial charge in [0.15, 0.2) is 11.3 Å². The first-order valence-corrected chi connectivity index (χ1v) is 7.52. The molecule has 1 heterocycles. The minimum absolute atomic E-state index is 0.254. The first kappa shape index (κ1) is 20.0. The molecule has 3 N–H and O–H groups in total. The van der Waals surface area contributed by atoms with E-state index in [4.69, 9.17) is 4.74 Å². The van der Waals surface area contributed by atoms with Crippen molar-refractivity contribution in [3.63, 3.8) is 0 Å². The average Bonchev–Trinajstić information content (AvgIpc) is 2.69. The van der Waals surface area contributed by atoms with Gasteiger partial charge in [-0.05, 0) is 6.07 Å². The summed E-state index contributed by atoms with van der Waals surface area (Å²) in [4.78, 5) is 27.5. The number of anilines is 1. The Hall–Kier alpha value is -4.33. The summed E-state index contributed by atoms with van der Waals surface area (Å²) in [5.74, 6) is -3.40. The van der Waals surface area contributed by atoms with Crippen molar-refractivity contribution in [2.75, 3.05) is 19.1 Å². The van der Waals surface area contributed by atoms with Crippen molar-refractivity contribution in [3.8, 4) is 23.3 Å². The molecular weight excluding hydrogens is 372 g/mol. The Morgan fingerprint density at radius 3 is 2.57 bits per heavy atom. The number of phenols is 2. The Kier molecular flexibility index (Phi) is 5.65. The number of methoxy groups -OCH3 is 1. The summed E-state index contributed by atoms with van der Waals surface area (Å²) in [6.07, 6.45) is 2.72. The fourth-order valence-corrected chi connectivity index (χ4v) is 2.21. The monoisotopic (exact) mass is 386 g/mol. The number of carbonyl (C=O) groups is 1. The first-order chi connectivity index (χ1) is 13.2. The standard InChI is InChI=1S/C17H14N4O7/c1-20(10-5-11(28-2)8-19-7-10)17(25)12(6-18)15(23)9-3-13(21(26)27)16(24)14(22)4-9/h3-5,7-8,22-24H,1-2H3/b15-12-. The Labute approximate surface area is 158 Å². The van der Waals surface area contributed by atoms with E-state index in [9.17, 15) is 35.5 Å². The van der Waals surface area contributed by atoms with Gasteiger partial charge in [0.05, 0.1) is 30.1 Å². The molecule has 0 fully saturated rings. The van der Waals surface area contributed by atoms with Gasteiger partial charge in [0.1, 0.15) is 17.6 Å². The lowest BCUT2D eigenvalue weighted by molar-refractivity contribution is -0.386. The lowest BCUT2D eigenvalue weighted by Crippen LogP contribution is -2.28. The third kappa shape index (κ3) is 3.75. The fourth-order valence-electron chi connectivity index (χ4n) is 2.21. The molecule has 0 saturated heterocycles. The van der Waals surface area contributed by atoms with Gasteiger partial charge in [-0.15, -0.1) is 0 Å². The lowest BCUT2D eigenvalue weighted by Gasteiger charge is -2.17. The number of likely N-dealkylation sites (N-methyl/N-ethyl adjacent to an activating group) is 1. The van der Waals surface area contributed by atoms with Gasteiger partial charge in [-0.3, -0.25) is 19.9 Å². The van der Waals surface area contributed by atoms with Gasteiger partial charge in [0.2, 0.25) is 5.75 Å². The predicted octanol–water partition coefficient (Wildman–Crippen LogP) is 1.87. The number of aromatic hydroxyl groups is 2. The third-order valence-corrected chi connectivity index (χ3v) is 3.73. The number of hydrogen-bond donors (Lipinski definition) is 3. The SMILES string of the molecule is COc1cncc(N(C)C(=O)/C(C#N)=C(\O)c2cc(O)c(O)c([N+](=O)[O-])c2)c1. The molecule has 1 aromatic carbocycles. The van der Waals surface area contributed by atoms with Crippen LogP contribution >= 0.6 is 0 Å². The molecule has 28 heavy (non-hydrogen) atoms. The van der Waals surface area contributed by atoms with Crippen LogP contribution in [0.3, 0.4) is 0 Å². The number of nitro benzene ring substituents is 1. The topological polar surface area (TPSA) is 170 Å². The van der Waals surface area contributed by atoms with Crippen LogP contribution in [0, 0.1) is 21.4 Å². The van der Waals surface area contributed by atoms with Crippen LogP contribution in [-0.4, -0.2) is 45.3 Å². The minimum atomic E-state index is -1.01. The van der Waals surface area contributed by atoms with Crippen molar-refractivity contribution in [3.05, 3.63) is 51.8 Å². The smallest absolute Gasteiger partial charge is 0.315 e. The molecule has 11 heteroatoms. The van der Waals surface area contributed by atoms with Gasteiger partial charge in [-0.2, -0.15) is 5.26 Å². The highest BCUT2D eigenvalue weighted by Gasteiger charge is 2.25. The molecule has 1 aromatic heterocycles. The molecule has 0 saturated carbocycles. The van der Waals surface area contributed by atoms with Gasteiger partial charge in [0, 0.05) is 24.7 Å². The number of benzene rings is 1. The molecule has 11 nitrogen and oxygen atoms in total. The quantitative estimate of drug-likeness (QED) is 0.173. The van der Waals surface area contributed by atoms with Crippen LogP contribution in [0.5, 0.6) is 17.2 Å². The van der Waals surface area contributed by atoms with E-state index < -0.39 is 44.9 Å². The molecule has 0 radical (unpaired) electrons. The normalized spacial score (nSPS) is 11.2. The Morgan fingerprint density at radius 2 is 2.00 bits per heavy atom. The van der Waals surface area contributed by atoms with E-state index in [0.717, 1.165) is 17.0 Å². The summed E-state index contributed by atoms with van der Waals surface area (Å²) in [7, 11) is 2.72. The maximum Gasteiger partial charge on any atom is 0.315 e. The summed E-state index contributed by atoms with van der Waals surface area (Å²) in [6, 6.07) is 4.51. The number of aliphatic hydroxyl groups is 1. The highest BCUT2D eigenvalue weighted by Crippen LogP contribution is 2.38. The van der Waals surface area contributed by atoms with E-state index in [1.807, 2.05) is 0 Å². The number of nitro groups is 1. The van der Waals surface area contributed by atoms with Gasteiger partial charge in [0.25, 0.3) is 5.91 Å². The van der Waals surface area contributed by atoms with Crippen LogP contribution in [0.4, 0.5) is 11.4 Å². The molecule has 0 unspecified atom stereocenters. The molecule has 0 bridgehead atoms. The lowest BCUT2D eigenvalue weighted by atomic mass is 10.1. The van der Waals surface area contributed by atoms with Gasteiger partial charge >= 0.3 is 5.69 Å².